The Bertz CT molecular complexity index is 1130. The van der Waals surface area contributed by atoms with Gasteiger partial charge in [0.2, 0.25) is 11.8 Å². The Morgan fingerprint density at radius 2 is 1.54 bits per heavy atom. The highest BCUT2D eigenvalue weighted by molar-refractivity contribution is 6.30. The summed E-state index contributed by atoms with van der Waals surface area (Å²) in [7, 11) is 0. The second kappa shape index (κ2) is 12.6. The second-order valence-corrected chi connectivity index (χ2v) is 9.78. The maximum Gasteiger partial charge on any atom is 0.243 e. The van der Waals surface area contributed by atoms with Crippen LogP contribution in [0.2, 0.25) is 5.02 Å². The molecule has 0 saturated heterocycles. The summed E-state index contributed by atoms with van der Waals surface area (Å²) in [4.78, 5) is 29.1. The van der Waals surface area contributed by atoms with Crippen LogP contribution in [-0.4, -0.2) is 28.8 Å². The lowest BCUT2D eigenvalue weighted by atomic mass is 10.00. The zero-order valence-corrected chi connectivity index (χ0v) is 21.8. The van der Waals surface area contributed by atoms with Gasteiger partial charge in [0.05, 0.1) is 6.42 Å². The van der Waals surface area contributed by atoms with Gasteiger partial charge < -0.3 is 10.2 Å². The fourth-order valence-electron chi connectivity index (χ4n) is 4.27. The van der Waals surface area contributed by atoms with Crippen molar-refractivity contribution >= 4 is 23.4 Å². The van der Waals surface area contributed by atoms with Crippen molar-refractivity contribution in [1.82, 2.24) is 10.2 Å². The summed E-state index contributed by atoms with van der Waals surface area (Å²) in [6, 6.07) is 22.9. The first-order valence-electron chi connectivity index (χ1n) is 12.2. The largest absolute Gasteiger partial charge is 0.352 e. The number of halogens is 1. The molecular formula is C30H35ClN2O2. The molecule has 0 aliphatic heterocycles. The van der Waals surface area contributed by atoms with E-state index in [0.29, 0.717) is 18.0 Å². The van der Waals surface area contributed by atoms with Gasteiger partial charge in [-0.25, -0.2) is 0 Å². The zero-order chi connectivity index (χ0) is 25.4. The molecule has 0 spiro atoms. The Kier molecular flexibility index (Phi) is 9.50. The van der Waals surface area contributed by atoms with Crippen LogP contribution in [0.3, 0.4) is 0 Å². The lowest BCUT2D eigenvalue weighted by molar-refractivity contribution is -0.141. The summed E-state index contributed by atoms with van der Waals surface area (Å²) in [5.41, 5.74) is 5.08. The summed E-state index contributed by atoms with van der Waals surface area (Å²) in [6.45, 7) is 8.38. The smallest absolute Gasteiger partial charge is 0.243 e. The van der Waals surface area contributed by atoms with Gasteiger partial charge in [-0.05, 0) is 56.0 Å². The maximum absolute atomic E-state index is 13.8. The van der Waals surface area contributed by atoms with E-state index in [1.165, 1.54) is 0 Å². The van der Waals surface area contributed by atoms with Gasteiger partial charge in [-0.3, -0.25) is 9.59 Å². The molecule has 3 aromatic rings. The predicted octanol–water partition coefficient (Wildman–Crippen LogP) is 6.05. The molecule has 35 heavy (non-hydrogen) atoms. The van der Waals surface area contributed by atoms with E-state index in [4.69, 9.17) is 11.6 Å². The predicted molar refractivity (Wildman–Crippen MR) is 143 cm³/mol. The molecule has 0 aromatic heterocycles. The van der Waals surface area contributed by atoms with Crippen LogP contribution in [0.5, 0.6) is 0 Å². The summed E-state index contributed by atoms with van der Waals surface area (Å²) < 4.78 is 0. The lowest BCUT2D eigenvalue weighted by Crippen LogP contribution is -2.52. The molecule has 5 heteroatoms. The Labute approximate surface area is 214 Å². The second-order valence-electron chi connectivity index (χ2n) is 9.35. The van der Waals surface area contributed by atoms with Crippen molar-refractivity contribution in [3.05, 3.63) is 106 Å². The molecule has 0 bridgehead atoms. The number of rotatable bonds is 10. The van der Waals surface area contributed by atoms with Gasteiger partial charge in [-0.1, -0.05) is 90.3 Å². The van der Waals surface area contributed by atoms with Crippen LogP contribution in [0, 0.1) is 13.8 Å². The van der Waals surface area contributed by atoms with E-state index in [9.17, 15) is 9.59 Å². The van der Waals surface area contributed by atoms with Gasteiger partial charge in [0.1, 0.15) is 6.04 Å². The van der Waals surface area contributed by atoms with Gasteiger partial charge in [0.15, 0.2) is 0 Å². The topological polar surface area (TPSA) is 49.4 Å². The average Bonchev–Trinajstić information content (AvgIpc) is 2.81. The van der Waals surface area contributed by atoms with Crippen LogP contribution in [0.1, 0.15) is 48.1 Å². The van der Waals surface area contributed by atoms with E-state index in [-0.39, 0.29) is 24.3 Å². The number of hydrogen-bond donors (Lipinski definition) is 1. The molecule has 2 atom stereocenters. The third kappa shape index (κ3) is 7.97. The van der Waals surface area contributed by atoms with Crippen LogP contribution in [0.15, 0.2) is 72.8 Å². The zero-order valence-electron chi connectivity index (χ0n) is 21.1. The minimum absolute atomic E-state index is 0.0170. The molecule has 4 nitrogen and oxygen atoms in total. The van der Waals surface area contributed by atoms with Crippen molar-refractivity contribution in [2.75, 3.05) is 0 Å². The Balaban J connectivity index is 1.99. The van der Waals surface area contributed by atoms with E-state index in [1.54, 1.807) is 4.90 Å². The first-order chi connectivity index (χ1) is 16.7. The summed E-state index contributed by atoms with van der Waals surface area (Å²) in [5.74, 6) is -0.228. The number of carbonyl (C=O) groups excluding carboxylic acids is 2. The normalized spacial score (nSPS) is 12.6. The SMILES string of the molecule is CC[C@H](C)NC(=O)[C@@H](Cc1ccccc1)N(Cc1cccc(Cl)c1)C(=O)Cc1cc(C)cc(C)c1. The molecule has 3 aromatic carbocycles. The van der Waals surface area contributed by atoms with Crippen molar-refractivity contribution < 1.29 is 9.59 Å². The van der Waals surface area contributed by atoms with Gasteiger partial charge in [0.25, 0.3) is 0 Å². The highest BCUT2D eigenvalue weighted by atomic mass is 35.5. The molecule has 1 N–H and O–H groups in total. The molecule has 0 radical (unpaired) electrons. The number of benzene rings is 3. The van der Waals surface area contributed by atoms with Crippen molar-refractivity contribution in [3.8, 4) is 0 Å². The number of nitrogens with zero attached hydrogens (tertiary/aromatic N) is 1. The van der Waals surface area contributed by atoms with Gasteiger partial charge in [0, 0.05) is 24.0 Å². The quantitative estimate of drug-likeness (QED) is 0.376. The van der Waals surface area contributed by atoms with E-state index in [0.717, 1.165) is 34.2 Å². The Hall–Kier alpha value is -3.11. The summed E-state index contributed by atoms with van der Waals surface area (Å²) in [5, 5.41) is 3.71. The monoisotopic (exact) mass is 490 g/mol. The number of nitrogens with one attached hydrogen (secondary N) is 1. The maximum atomic E-state index is 13.8. The fraction of sp³-hybridized carbons (Fsp3) is 0.333. The molecule has 0 unspecified atom stereocenters. The molecule has 0 aliphatic carbocycles. The van der Waals surface area contributed by atoms with E-state index in [2.05, 4.69) is 11.4 Å². The van der Waals surface area contributed by atoms with E-state index < -0.39 is 6.04 Å². The number of carbonyl (C=O) groups is 2. The molecule has 0 heterocycles. The molecular weight excluding hydrogens is 456 g/mol. The highest BCUT2D eigenvalue weighted by Gasteiger charge is 2.31. The minimum Gasteiger partial charge on any atom is -0.352 e. The first kappa shape index (κ1) is 26.5. The van der Waals surface area contributed by atoms with Gasteiger partial charge in [-0.2, -0.15) is 0 Å². The standard InChI is InChI=1S/C30H35ClN2O2/c1-5-23(4)32-30(35)28(18-24-10-7-6-8-11-24)33(20-25-12-9-13-27(31)17-25)29(34)19-26-15-21(2)14-22(3)16-26/h6-17,23,28H,5,18-20H2,1-4H3,(H,32,35)/t23-,28+/m0/s1. The molecule has 2 amide bonds. The van der Waals surface area contributed by atoms with Crippen LogP contribution in [0.25, 0.3) is 0 Å². The lowest BCUT2D eigenvalue weighted by Gasteiger charge is -2.32. The minimum atomic E-state index is -0.649. The van der Waals surface area contributed by atoms with E-state index in [1.807, 2.05) is 94.4 Å². The van der Waals surface area contributed by atoms with Crippen molar-refractivity contribution in [1.29, 1.82) is 0 Å². The van der Waals surface area contributed by atoms with Crippen LogP contribution < -0.4 is 5.32 Å². The number of amides is 2. The fourth-order valence-corrected chi connectivity index (χ4v) is 4.49. The van der Waals surface area contributed by atoms with E-state index >= 15 is 0 Å². The molecule has 0 aliphatic rings. The average molecular weight is 491 g/mol. The Morgan fingerprint density at radius 3 is 2.17 bits per heavy atom. The first-order valence-corrected chi connectivity index (χ1v) is 12.6. The van der Waals surface area contributed by atoms with Crippen molar-refractivity contribution in [2.45, 2.75) is 65.6 Å². The van der Waals surface area contributed by atoms with Crippen molar-refractivity contribution in [2.24, 2.45) is 0 Å². The van der Waals surface area contributed by atoms with Crippen LogP contribution >= 0.6 is 11.6 Å². The molecule has 3 rings (SSSR count). The van der Waals surface area contributed by atoms with Gasteiger partial charge >= 0.3 is 0 Å². The highest BCUT2D eigenvalue weighted by Crippen LogP contribution is 2.20. The molecule has 0 fully saturated rings. The Morgan fingerprint density at radius 1 is 0.886 bits per heavy atom. The van der Waals surface area contributed by atoms with Crippen LogP contribution in [0.4, 0.5) is 0 Å². The molecule has 184 valence electrons. The summed E-state index contributed by atoms with van der Waals surface area (Å²) in [6.07, 6.45) is 1.47. The third-order valence-electron chi connectivity index (χ3n) is 6.15. The number of hydrogen-bond acceptors (Lipinski definition) is 2. The third-order valence-corrected chi connectivity index (χ3v) is 6.39. The molecule has 0 saturated carbocycles. The van der Waals surface area contributed by atoms with Crippen LogP contribution in [-0.2, 0) is 29.0 Å². The van der Waals surface area contributed by atoms with Crippen molar-refractivity contribution in [3.63, 3.8) is 0 Å². The summed E-state index contributed by atoms with van der Waals surface area (Å²) >= 11 is 6.25. The number of aryl methyl sites for hydroxylation is 2. The van der Waals surface area contributed by atoms with Gasteiger partial charge in [-0.15, -0.1) is 0 Å².